The third-order valence-corrected chi connectivity index (χ3v) is 3.40. The van der Waals surface area contributed by atoms with Crippen LogP contribution < -0.4 is 0 Å². The van der Waals surface area contributed by atoms with Crippen LogP contribution >= 0.6 is 23.2 Å². The quantitative estimate of drug-likeness (QED) is 0.671. The summed E-state index contributed by atoms with van der Waals surface area (Å²) in [5.41, 5.74) is 2.48. The summed E-state index contributed by atoms with van der Waals surface area (Å²) in [6.07, 6.45) is 2.18. The molecule has 0 aliphatic rings. The van der Waals surface area contributed by atoms with Gasteiger partial charge in [0.25, 0.3) is 0 Å². The first kappa shape index (κ1) is 11.9. The lowest BCUT2D eigenvalue weighted by atomic mass is 9.98. The van der Waals surface area contributed by atoms with Crippen molar-refractivity contribution < 1.29 is 0 Å². The van der Waals surface area contributed by atoms with Crippen molar-refractivity contribution in [3.8, 4) is 0 Å². The Kier molecular flexibility index (Phi) is 4.77. The standard InChI is InChI=1S/C12H16Cl2/c1-3-10(8-13)7-11-4-5-12(14)9(2)6-11/h4-6,10H,3,7-8H2,1-2H3. The number of rotatable bonds is 4. The summed E-state index contributed by atoms with van der Waals surface area (Å²) < 4.78 is 0. The van der Waals surface area contributed by atoms with Crippen LogP contribution in [0.3, 0.4) is 0 Å². The Morgan fingerprint density at radius 1 is 1.36 bits per heavy atom. The fourth-order valence-corrected chi connectivity index (χ4v) is 1.92. The second kappa shape index (κ2) is 5.63. The zero-order valence-corrected chi connectivity index (χ0v) is 10.2. The minimum Gasteiger partial charge on any atom is -0.126 e. The fourth-order valence-electron chi connectivity index (χ4n) is 1.48. The molecule has 0 aliphatic carbocycles. The summed E-state index contributed by atoms with van der Waals surface area (Å²) in [4.78, 5) is 0. The van der Waals surface area contributed by atoms with Crippen molar-refractivity contribution in [1.82, 2.24) is 0 Å². The minimum absolute atomic E-state index is 0.581. The van der Waals surface area contributed by atoms with Gasteiger partial charge in [-0.15, -0.1) is 11.6 Å². The lowest BCUT2D eigenvalue weighted by Gasteiger charge is -2.11. The first-order valence-corrected chi connectivity index (χ1v) is 5.89. The van der Waals surface area contributed by atoms with Crippen LogP contribution in [-0.4, -0.2) is 5.88 Å². The van der Waals surface area contributed by atoms with E-state index in [0.717, 1.165) is 29.3 Å². The van der Waals surface area contributed by atoms with Gasteiger partial charge in [0.05, 0.1) is 0 Å². The van der Waals surface area contributed by atoms with Crippen molar-refractivity contribution in [1.29, 1.82) is 0 Å². The molecule has 0 heterocycles. The van der Waals surface area contributed by atoms with Gasteiger partial charge in [0.1, 0.15) is 0 Å². The average Bonchev–Trinajstić information content (AvgIpc) is 2.19. The molecule has 0 spiro atoms. The Hall–Kier alpha value is -0.200. The molecular formula is C12H16Cl2. The maximum Gasteiger partial charge on any atom is 0.0435 e. The summed E-state index contributed by atoms with van der Waals surface area (Å²) in [6.45, 7) is 4.21. The van der Waals surface area contributed by atoms with Crippen LogP contribution in [0.25, 0.3) is 0 Å². The fraction of sp³-hybridized carbons (Fsp3) is 0.500. The number of halogens is 2. The van der Waals surface area contributed by atoms with E-state index in [0.29, 0.717) is 5.92 Å². The van der Waals surface area contributed by atoms with Gasteiger partial charge >= 0.3 is 0 Å². The van der Waals surface area contributed by atoms with E-state index in [1.54, 1.807) is 0 Å². The van der Waals surface area contributed by atoms with E-state index in [1.165, 1.54) is 5.56 Å². The number of hydrogen-bond donors (Lipinski definition) is 0. The SMILES string of the molecule is CCC(CCl)Cc1ccc(Cl)c(C)c1. The second-order valence-corrected chi connectivity index (χ2v) is 4.43. The lowest BCUT2D eigenvalue weighted by Crippen LogP contribution is -2.04. The predicted octanol–water partition coefficient (Wildman–Crippen LogP) is 4.46. The molecule has 0 amide bonds. The Morgan fingerprint density at radius 2 is 2.07 bits per heavy atom. The van der Waals surface area contributed by atoms with Crippen LogP contribution in [0.5, 0.6) is 0 Å². The topological polar surface area (TPSA) is 0 Å². The van der Waals surface area contributed by atoms with Crippen LogP contribution in [0.15, 0.2) is 18.2 Å². The normalized spacial score (nSPS) is 12.9. The zero-order valence-electron chi connectivity index (χ0n) is 8.69. The van der Waals surface area contributed by atoms with Crippen molar-refractivity contribution in [3.05, 3.63) is 34.3 Å². The minimum atomic E-state index is 0.581. The third kappa shape index (κ3) is 3.18. The Bertz CT molecular complexity index is 290. The van der Waals surface area contributed by atoms with Gasteiger partial charge in [-0.05, 0) is 36.5 Å². The van der Waals surface area contributed by atoms with E-state index in [-0.39, 0.29) is 0 Å². The van der Waals surface area contributed by atoms with Crippen molar-refractivity contribution in [2.45, 2.75) is 26.7 Å². The van der Waals surface area contributed by atoms with Crippen molar-refractivity contribution in [2.75, 3.05) is 5.88 Å². The Balaban J connectivity index is 2.72. The molecule has 0 saturated heterocycles. The molecule has 0 saturated carbocycles. The first-order chi connectivity index (χ1) is 6.67. The molecule has 0 bridgehead atoms. The van der Waals surface area contributed by atoms with E-state index in [2.05, 4.69) is 19.1 Å². The molecule has 78 valence electrons. The number of alkyl halides is 1. The average molecular weight is 231 g/mol. The molecule has 1 unspecified atom stereocenters. The van der Waals surface area contributed by atoms with Crippen LogP contribution in [0, 0.1) is 12.8 Å². The largest absolute Gasteiger partial charge is 0.126 e. The zero-order chi connectivity index (χ0) is 10.6. The number of aryl methyl sites for hydroxylation is 1. The molecule has 0 N–H and O–H groups in total. The maximum atomic E-state index is 5.96. The van der Waals surface area contributed by atoms with Gasteiger partial charge in [0.15, 0.2) is 0 Å². The molecule has 14 heavy (non-hydrogen) atoms. The van der Waals surface area contributed by atoms with E-state index < -0.39 is 0 Å². The van der Waals surface area contributed by atoms with Gasteiger partial charge in [-0.25, -0.2) is 0 Å². The van der Waals surface area contributed by atoms with Gasteiger partial charge in [0.2, 0.25) is 0 Å². The van der Waals surface area contributed by atoms with Crippen LogP contribution in [0.1, 0.15) is 24.5 Å². The summed E-state index contributed by atoms with van der Waals surface area (Å²) in [5, 5.41) is 0.840. The van der Waals surface area contributed by atoms with E-state index >= 15 is 0 Å². The molecule has 0 aromatic heterocycles. The molecule has 1 rings (SSSR count). The molecule has 1 atom stereocenters. The van der Waals surface area contributed by atoms with Crippen LogP contribution in [0.2, 0.25) is 5.02 Å². The third-order valence-electron chi connectivity index (χ3n) is 2.54. The molecule has 2 heteroatoms. The molecule has 0 fully saturated rings. The Labute approximate surface area is 96.2 Å². The monoisotopic (exact) mass is 230 g/mol. The number of hydrogen-bond acceptors (Lipinski definition) is 0. The summed E-state index contributed by atoms with van der Waals surface area (Å²) >= 11 is 11.8. The predicted molar refractivity (Wildman–Crippen MR) is 64.4 cm³/mol. The highest BCUT2D eigenvalue weighted by molar-refractivity contribution is 6.31. The maximum absolute atomic E-state index is 5.96. The number of benzene rings is 1. The van der Waals surface area contributed by atoms with Gasteiger partial charge < -0.3 is 0 Å². The molecule has 0 nitrogen and oxygen atoms in total. The molecule has 0 aliphatic heterocycles. The Morgan fingerprint density at radius 3 is 2.57 bits per heavy atom. The summed E-state index contributed by atoms with van der Waals surface area (Å²) in [6, 6.07) is 6.20. The van der Waals surface area contributed by atoms with Crippen LogP contribution in [0.4, 0.5) is 0 Å². The highest BCUT2D eigenvalue weighted by Crippen LogP contribution is 2.20. The van der Waals surface area contributed by atoms with Gasteiger partial charge in [-0.2, -0.15) is 0 Å². The van der Waals surface area contributed by atoms with Gasteiger partial charge in [-0.3, -0.25) is 0 Å². The van der Waals surface area contributed by atoms with Crippen molar-refractivity contribution >= 4 is 23.2 Å². The summed E-state index contributed by atoms with van der Waals surface area (Å²) in [7, 11) is 0. The van der Waals surface area contributed by atoms with Crippen LogP contribution in [-0.2, 0) is 6.42 Å². The second-order valence-electron chi connectivity index (χ2n) is 3.72. The molecule has 1 aromatic rings. The van der Waals surface area contributed by atoms with Gasteiger partial charge in [0, 0.05) is 10.9 Å². The molecule has 0 radical (unpaired) electrons. The van der Waals surface area contributed by atoms with E-state index in [1.807, 2.05) is 13.0 Å². The summed E-state index contributed by atoms with van der Waals surface area (Å²) in [5.74, 6) is 1.32. The lowest BCUT2D eigenvalue weighted by molar-refractivity contribution is 0.566. The highest BCUT2D eigenvalue weighted by atomic mass is 35.5. The van der Waals surface area contributed by atoms with Crippen molar-refractivity contribution in [2.24, 2.45) is 5.92 Å². The molecular weight excluding hydrogens is 215 g/mol. The van der Waals surface area contributed by atoms with E-state index in [4.69, 9.17) is 23.2 Å². The van der Waals surface area contributed by atoms with E-state index in [9.17, 15) is 0 Å². The first-order valence-electron chi connectivity index (χ1n) is 4.98. The van der Waals surface area contributed by atoms with Gasteiger partial charge in [-0.1, -0.05) is 37.1 Å². The van der Waals surface area contributed by atoms with Crippen molar-refractivity contribution in [3.63, 3.8) is 0 Å². The smallest absolute Gasteiger partial charge is 0.0435 e. The highest BCUT2D eigenvalue weighted by Gasteiger charge is 2.06. The molecule has 1 aromatic carbocycles.